The van der Waals surface area contributed by atoms with E-state index in [-0.39, 0.29) is 0 Å². The maximum absolute atomic E-state index is 11.4. The van der Waals surface area contributed by atoms with Crippen molar-refractivity contribution in [1.82, 2.24) is 0 Å². The molecule has 2 N–H and O–H groups in total. The summed E-state index contributed by atoms with van der Waals surface area (Å²) in [5.74, 6) is 0.789. The quantitative estimate of drug-likeness (QED) is 0.682. The van der Waals surface area contributed by atoms with E-state index in [9.17, 15) is 4.79 Å². The minimum atomic E-state index is -0.428. The first-order valence-electron chi connectivity index (χ1n) is 5.93. The Hall–Kier alpha value is -2.01. The molecule has 0 heterocycles. The predicted octanol–water partition coefficient (Wildman–Crippen LogP) is 3.92. The van der Waals surface area contributed by atoms with Gasteiger partial charge in [-0.15, -0.1) is 0 Å². The van der Waals surface area contributed by atoms with Crippen LogP contribution in [0.25, 0.3) is 0 Å². The summed E-state index contributed by atoms with van der Waals surface area (Å²) < 4.78 is 11.4. The number of rotatable bonds is 3. The minimum absolute atomic E-state index is 0.384. The first-order chi connectivity index (χ1) is 9.51. The molecule has 104 valence electrons. The number of ether oxygens (including phenoxy) is 2. The van der Waals surface area contributed by atoms with Gasteiger partial charge in [0.05, 0.1) is 18.4 Å². The van der Waals surface area contributed by atoms with Crippen molar-refractivity contribution in [3.05, 3.63) is 52.0 Å². The van der Waals surface area contributed by atoms with Gasteiger partial charge in [0.2, 0.25) is 0 Å². The van der Waals surface area contributed by atoms with Crippen molar-refractivity contribution in [2.75, 3.05) is 12.8 Å². The summed E-state index contributed by atoms with van der Waals surface area (Å²) >= 11 is 3.40. The number of halogens is 1. The van der Waals surface area contributed by atoms with Gasteiger partial charge in [-0.1, -0.05) is 15.9 Å². The van der Waals surface area contributed by atoms with Crippen LogP contribution in [0.4, 0.5) is 5.69 Å². The van der Waals surface area contributed by atoms with Gasteiger partial charge in [-0.2, -0.15) is 0 Å². The monoisotopic (exact) mass is 335 g/mol. The second kappa shape index (κ2) is 5.96. The van der Waals surface area contributed by atoms with Crippen LogP contribution in [0.2, 0.25) is 0 Å². The predicted molar refractivity (Wildman–Crippen MR) is 81.1 cm³/mol. The molecule has 0 unspecified atom stereocenters. The normalized spacial score (nSPS) is 10.2. The van der Waals surface area contributed by atoms with Crippen LogP contribution in [0.5, 0.6) is 11.5 Å². The third kappa shape index (κ3) is 3.11. The molecule has 0 amide bonds. The SMILES string of the molecule is COC(=O)c1ccc(Oc2ccc(Br)cc2C)c(N)c1. The fourth-order valence-electron chi connectivity index (χ4n) is 1.73. The molecule has 5 heteroatoms. The summed E-state index contributed by atoms with van der Waals surface area (Å²) in [4.78, 5) is 11.4. The molecule has 0 aromatic heterocycles. The van der Waals surface area contributed by atoms with Crippen LogP contribution >= 0.6 is 15.9 Å². The van der Waals surface area contributed by atoms with Crippen molar-refractivity contribution >= 4 is 27.6 Å². The van der Waals surface area contributed by atoms with Gasteiger partial charge in [-0.05, 0) is 48.9 Å². The summed E-state index contributed by atoms with van der Waals surface area (Å²) in [5.41, 5.74) is 7.66. The van der Waals surface area contributed by atoms with Crippen LogP contribution in [0.15, 0.2) is 40.9 Å². The van der Waals surface area contributed by atoms with Gasteiger partial charge in [0.15, 0.2) is 0 Å². The van der Waals surface area contributed by atoms with Crippen molar-refractivity contribution in [3.63, 3.8) is 0 Å². The maximum atomic E-state index is 11.4. The summed E-state index contributed by atoms with van der Waals surface area (Å²) in [7, 11) is 1.33. The Balaban J connectivity index is 2.28. The van der Waals surface area contributed by atoms with Gasteiger partial charge in [0, 0.05) is 4.47 Å². The third-order valence-electron chi connectivity index (χ3n) is 2.79. The van der Waals surface area contributed by atoms with E-state index in [0.717, 1.165) is 10.0 Å². The van der Waals surface area contributed by atoms with E-state index in [1.165, 1.54) is 13.2 Å². The Labute approximate surface area is 125 Å². The van der Waals surface area contributed by atoms with Crippen LogP contribution in [0.3, 0.4) is 0 Å². The molecule has 0 aliphatic rings. The Kier molecular flexibility index (Phi) is 4.29. The van der Waals surface area contributed by atoms with Gasteiger partial charge in [-0.3, -0.25) is 0 Å². The highest BCUT2D eigenvalue weighted by molar-refractivity contribution is 9.10. The number of carbonyl (C=O) groups excluding carboxylic acids is 1. The zero-order valence-electron chi connectivity index (χ0n) is 11.1. The van der Waals surface area contributed by atoms with E-state index in [0.29, 0.717) is 22.7 Å². The van der Waals surface area contributed by atoms with Crippen molar-refractivity contribution in [1.29, 1.82) is 0 Å². The minimum Gasteiger partial charge on any atom is -0.465 e. The highest BCUT2D eigenvalue weighted by Crippen LogP contribution is 2.31. The summed E-state index contributed by atoms with van der Waals surface area (Å²) in [6.45, 7) is 1.94. The zero-order chi connectivity index (χ0) is 14.7. The number of aryl methyl sites for hydroxylation is 1. The van der Waals surface area contributed by atoms with Crippen LogP contribution in [-0.2, 0) is 4.74 Å². The standard InChI is InChI=1S/C15H14BrNO3/c1-9-7-11(16)4-6-13(9)20-14-5-3-10(8-12(14)17)15(18)19-2/h3-8H,17H2,1-2H3. The highest BCUT2D eigenvalue weighted by Gasteiger charge is 2.10. The molecule has 0 spiro atoms. The average molecular weight is 336 g/mol. The molecule has 0 aliphatic heterocycles. The smallest absolute Gasteiger partial charge is 0.337 e. The van der Waals surface area contributed by atoms with Gasteiger partial charge in [0.1, 0.15) is 11.5 Å². The summed E-state index contributed by atoms with van der Waals surface area (Å²) in [5, 5.41) is 0. The molecule has 2 rings (SSSR count). The van der Waals surface area contributed by atoms with E-state index in [4.69, 9.17) is 10.5 Å². The van der Waals surface area contributed by atoms with Crippen LogP contribution in [0, 0.1) is 6.92 Å². The lowest BCUT2D eigenvalue weighted by molar-refractivity contribution is 0.0601. The van der Waals surface area contributed by atoms with E-state index < -0.39 is 5.97 Å². The van der Waals surface area contributed by atoms with Gasteiger partial charge in [0.25, 0.3) is 0 Å². The van der Waals surface area contributed by atoms with E-state index in [1.54, 1.807) is 12.1 Å². The molecule has 0 aliphatic carbocycles. The van der Waals surface area contributed by atoms with E-state index in [2.05, 4.69) is 20.7 Å². The van der Waals surface area contributed by atoms with Gasteiger partial charge >= 0.3 is 5.97 Å². The zero-order valence-corrected chi connectivity index (χ0v) is 12.7. The molecule has 2 aromatic rings. The van der Waals surface area contributed by atoms with Crippen molar-refractivity contribution < 1.29 is 14.3 Å². The highest BCUT2D eigenvalue weighted by atomic mass is 79.9. The number of methoxy groups -OCH3 is 1. The van der Waals surface area contributed by atoms with Gasteiger partial charge < -0.3 is 15.2 Å². The molecule has 0 saturated carbocycles. The second-order valence-corrected chi connectivity index (χ2v) is 5.17. The lowest BCUT2D eigenvalue weighted by atomic mass is 10.2. The Bertz CT molecular complexity index is 656. The second-order valence-electron chi connectivity index (χ2n) is 4.26. The fraction of sp³-hybridized carbons (Fsp3) is 0.133. The van der Waals surface area contributed by atoms with E-state index >= 15 is 0 Å². The Morgan fingerprint density at radius 3 is 2.45 bits per heavy atom. The van der Waals surface area contributed by atoms with Crippen molar-refractivity contribution in [2.45, 2.75) is 6.92 Å². The lowest BCUT2D eigenvalue weighted by Crippen LogP contribution is -2.03. The fourth-order valence-corrected chi connectivity index (χ4v) is 2.21. The molecule has 0 atom stereocenters. The average Bonchev–Trinajstić information content (AvgIpc) is 2.42. The van der Waals surface area contributed by atoms with Crippen LogP contribution in [0.1, 0.15) is 15.9 Å². The molecule has 0 bridgehead atoms. The number of benzene rings is 2. The number of hydrogen-bond donors (Lipinski definition) is 1. The maximum Gasteiger partial charge on any atom is 0.337 e. The van der Waals surface area contributed by atoms with Gasteiger partial charge in [-0.25, -0.2) is 4.79 Å². The Morgan fingerprint density at radius 1 is 1.15 bits per heavy atom. The van der Waals surface area contributed by atoms with Crippen molar-refractivity contribution in [2.24, 2.45) is 0 Å². The molecule has 4 nitrogen and oxygen atoms in total. The molecular formula is C15H14BrNO3. The van der Waals surface area contributed by atoms with Crippen molar-refractivity contribution in [3.8, 4) is 11.5 Å². The summed E-state index contributed by atoms with van der Waals surface area (Å²) in [6.07, 6.45) is 0. The molecule has 20 heavy (non-hydrogen) atoms. The topological polar surface area (TPSA) is 61.5 Å². The number of hydrogen-bond acceptors (Lipinski definition) is 4. The largest absolute Gasteiger partial charge is 0.465 e. The van der Waals surface area contributed by atoms with E-state index in [1.807, 2.05) is 25.1 Å². The summed E-state index contributed by atoms with van der Waals surface area (Å²) in [6, 6.07) is 10.5. The van der Waals surface area contributed by atoms with Crippen LogP contribution < -0.4 is 10.5 Å². The molecule has 2 aromatic carbocycles. The lowest BCUT2D eigenvalue weighted by Gasteiger charge is -2.11. The number of esters is 1. The first kappa shape index (κ1) is 14.4. The number of nitrogens with two attached hydrogens (primary N) is 1. The molecule has 0 saturated heterocycles. The number of anilines is 1. The van der Waals surface area contributed by atoms with Crippen LogP contribution in [-0.4, -0.2) is 13.1 Å². The molecule has 0 fully saturated rings. The molecule has 0 radical (unpaired) electrons. The molecular weight excluding hydrogens is 322 g/mol. The number of nitrogen functional groups attached to an aromatic ring is 1. The Morgan fingerprint density at radius 2 is 1.85 bits per heavy atom. The number of carbonyl (C=O) groups is 1. The first-order valence-corrected chi connectivity index (χ1v) is 6.72. The third-order valence-corrected chi connectivity index (χ3v) is 3.28.